The van der Waals surface area contributed by atoms with E-state index in [-0.39, 0.29) is 5.82 Å². The lowest BCUT2D eigenvalue weighted by atomic mass is 10.2. The number of halogens is 1. The highest BCUT2D eigenvalue weighted by Gasteiger charge is 2.11. The lowest BCUT2D eigenvalue weighted by Gasteiger charge is -2.15. The molecule has 0 N–H and O–H groups in total. The van der Waals surface area contributed by atoms with Crippen LogP contribution in [0.1, 0.15) is 12.8 Å². The van der Waals surface area contributed by atoms with Crippen molar-refractivity contribution in [1.82, 2.24) is 9.47 Å². The number of rotatable bonds is 3. The molecule has 0 amide bonds. The molecule has 17 heavy (non-hydrogen) atoms. The summed E-state index contributed by atoms with van der Waals surface area (Å²) in [7, 11) is 0. The normalized spacial score (nSPS) is 17.0. The number of aromatic nitrogens is 1. The Balaban J connectivity index is 1.77. The van der Waals surface area contributed by atoms with Crippen molar-refractivity contribution in [2.75, 3.05) is 19.6 Å². The Morgan fingerprint density at radius 3 is 2.71 bits per heavy atom. The zero-order chi connectivity index (χ0) is 11.7. The predicted octanol–water partition coefficient (Wildman–Crippen LogP) is 2.88. The van der Waals surface area contributed by atoms with Crippen LogP contribution >= 0.6 is 0 Å². The lowest BCUT2D eigenvalue weighted by molar-refractivity contribution is 0.324. The van der Waals surface area contributed by atoms with Gasteiger partial charge in [-0.3, -0.25) is 0 Å². The number of fused-ring (bicyclic) bond motifs is 1. The van der Waals surface area contributed by atoms with Crippen molar-refractivity contribution in [2.45, 2.75) is 19.4 Å². The minimum atomic E-state index is -0.154. The molecule has 0 spiro atoms. The number of hydrogen-bond acceptors (Lipinski definition) is 1. The molecule has 0 unspecified atom stereocenters. The SMILES string of the molecule is Fc1ccc2ccn(CCN3CCCC3)c2c1. The second kappa shape index (κ2) is 4.49. The largest absolute Gasteiger partial charge is 0.346 e. The number of hydrogen-bond donors (Lipinski definition) is 0. The Bertz CT molecular complexity index is 512. The van der Waals surface area contributed by atoms with E-state index in [2.05, 4.69) is 21.7 Å². The molecule has 1 fully saturated rings. The number of nitrogens with zero attached hydrogens (tertiary/aromatic N) is 2. The molecular weight excluding hydrogens is 215 g/mol. The van der Waals surface area contributed by atoms with Crippen LogP contribution < -0.4 is 0 Å². The fraction of sp³-hybridized carbons (Fsp3) is 0.429. The van der Waals surface area contributed by atoms with E-state index < -0.39 is 0 Å². The maximum Gasteiger partial charge on any atom is 0.125 e. The molecule has 3 heteroatoms. The monoisotopic (exact) mass is 232 g/mol. The first-order valence-corrected chi connectivity index (χ1v) is 6.30. The van der Waals surface area contributed by atoms with Gasteiger partial charge >= 0.3 is 0 Å². The van der Waals surface area contributed by atoms with Crippen molar-refractivity contribution in [2.24, 2.45) is 0 Å². The number of benzene rings is 1. The van der Waals surface area contributed by atoms with Gasteiger partial charge in [0, 0.05) is 19.3 Å². The summed E-state index contributed by atoms with van der Waals surface area (Å²) in [5.74, 6) is -0.154. The summed E-state index contributed by atoms with van der Waals surface area (Å²) >= 11 is 0. The summed E-state index contributed by atoms with van der Waals surface area (Å²) in [5.41, 5.74) is 1.00. The molecule has 90 valence electrons. The molecule has 2 heterocycles. The van der Waals surface area contributed by atoms with Gasteiger partial charge in [0.25, 0.3) is 0 Å². The minimum Gasteiger partial charge on any atom is -0.346 e. The molecule has 0 saturated carbocycles. The van der Waals surface area contributed by atoms with Gasteiger partial charge in [-0.1, -0.05) is 0 Å². The summed E-state index contributed by atoms with van der Waals surface area (Å²) in [6.45, 7) is 4.45. The zero-order valence-electron chi connectivity index (χ0n) is 9.90. The van der Waals surface area contributed by atoms with Gasteiger partial charge in [0.2, 0.25) is 0 Å². The fourth-order valence-electron chi connectivity index (χ4n) is 2.61. The van der Waals surface area contributed by atoms with Gasteiger partial charge in [-0.2, -0.15) is 0 Å². The molecule has 0 radical (unpaired) electrons. The molecule has 1 aliphatic heterocycles. The van der Waals surface area contributed by atoms with Gasteiger partial charge in [0.15, 0.2) is 0 Å². The van der Waals surface area contributed by atoms with Crippen LogP contribution in [0, 0.1) is 5.82 Å². The van der Waals surface area contributed by atoms with Gasteiger partial charge in [-0.05, 0) is 55.6 Å². The molecule has 2 nitrogen and oxygen atoms in total. The van der Waals surface area contributed by atoms with Crippen molar-refractivity contribution < 1.29 is 4.39 Å². The van der Waals surface area contributed by atoms with E-state index in [4.69, 9.17) is 0 Å². The quantitative estimate of drug-likeness (QED) is 0.790. The third kappa shape index (κ3) is 2.20. The molecule has 1 saturated heterocycles. The van der Waals surface area contributed by atoms with Crippen LogP contribution in [0.15, 0.2) is 30.5 Å². The average molecular weight is 232 g/mol. The summed E-state index contributed by atoms with van der Waals surface area (Å²) < 4.78 is 15.4. The second-order valence-corrected chi connectivity index (χ2v) is 4.76. The van der Waals surface area contributed by atoms with E-state index in [0.29, 0.717) is 0 Å². The second-order valence-electron chi connectivity index (χ2n) is 4.76. The molecule has 1 aromatic heterocycles. The summed E-state index contributed by atoms with van der Waals surface area (Å²) in [6.07, 6.45) is 4.70. The molecular formula is C14H17FN2. The van der Waals surface area contributed by atoms with Crippen molar-refractivity contribution in [3.05, 3.63) is 36.3 Å². The third-order valence-corrected chi connectivity index (χ3v) is 3.59. The van der Waals surface area contributed by atoms with Crippen LogP contribution in [0.3, 0.4) is 0 Å². The summed E-state index contributed by atoms with van der Waals surface area (Å²) in [6, 6.07) is 7.04. The Kier molecular flexibility index (Phi) is 2.85. The van der Waals surface area contributed by atoms with Crippen molar-refractivity contribution in [3.63, 3.8) is 0 Å². The molecule has 0 bridgehead atoms. The van der Waals surface area contributed by atoms with E-state index >= 15 is 0 Å². The molecule has 2 aromatic rings. The molecule has 3 rings (SSSR count). The molecule has 1 aliphatic rings. The minimum absolute atomic E-state index is 0.154. The lowest BCUT2D eigenvalue weighted by Crippen LogP contribution is -2.23. The van der Waals surface area contributed by atoms with Crippen LogP contribution in [-0.2, 0) is 6.54 Å². The Hall–Kier alpha value is -1.35. The maximum atomic E-state index is 13.2. The van der Waals surface area contributed by atoms with Crippen LogP contribution in [0.25, 0.3) is 10.9 Å². The maximum absolute atomic E-state index is 13.2. The van der Waals surface area contributed by atoms with Crippen LogP contribution in [0.4, 0.5) is 4.39 Å². The predicted molar refractivity (Wildman–Crippen MR) is 67.6 cm³/mol. The van der Waals surface area contributed by atoms with E-state index in [1.54, 1.807) is 6.07 Å². The fourth-order valence-corrected chi connectivity index (χ4v) is 2.61. The van der Waals surface area contributed by atoms with E-state index in [1.165, 1.54) is 32.0 Å². The van der Waals surface area contributed by atoms with Gasteiger partial charge in [0.1, 0.15) is 5.82 Å². The standard InChI is InChI=1S/C14H17FN2/c15-13-4-3-12-5-8-17(14(12)11-13)10-9-16-6-1-2-7-16/h3-5,8,11H,1-2,6-7,9-10H2. The van der Waals surface area contributed by atoms with Crippen LogP contribution in [0.5, 0.6) is 0 Å². The average Bonchev–Trinajstić information content (AvgIpc) is 2.94. The molecule has 0 atom stereocenters. The Morgan fingerprint density at radius 1 is 1.06 bits per heavy atom. The topological polar surface area (TPSA) is 8.17 Å². The van der Waals surface area contributed by atoms with Crippen molar-refractivity contribution in [1.29, 1.82) is 0 Å². The smallest absolute Gasteiger partial charge is 0.125 e. The van der Waals surface area contributed by atoms with E-state index in [9.17, 15) is 4.39 Å². The van der Waals surface area contributed by atoms with Gasteiger partial charge in [0.05, 0.1) is 5.52 Å². The van der Waals surface area contributed by atoms with E-state index in [1.807, 2.05) is 6.07 Å². The Morgan fingerprint density at radius 2 is 1.88 bits per heavy atom. The van der Waals surface area contributed by atoms with Crippen LogP contribution in [-0.4, -0.2) is 29.1 Å². The first-order chi connectivity index (χ1) is 8.33. The van der Waals surface area contributed by atoms with Gasteiger partial charge in [-0.15, -0.1) is 0 Å². The summed E-state index contributed by atoms with van der Waals surface area (Å²) in [4.78, 5) is 2.48. The van der Waals surface area contributed by atoms with E-state index in [0.717, 1.165) is 24.0 Å². The molecule has 1 aromatic carbocycles. The highest BCUT2D eigenvalue weighted by Crippen LogP contribution is 2.17. The first-order valence-electron chi connectivity index (χ1n) is 6.30. The highest BCUT2D eigenvalue weighted by atomic mass is 19.1. The first kappa shape index (κ1) is 10.8. The van der Waals surface area contributed by atoms with Crippen LogP contribution in [0.2, 0.25) is 0 Å². The summed E-state index contributed by atoms with van der Waals surface area (Å²) in [5, 5.41) is 1.12. The highest BCUT2D eigenvalue weighted by molar-refractivity contribution is 5.80. The zero-order valence-corrected chi connectivity index (χ0v) is 9.90. The third-order valence-electron chi connectivity index (χ3n) is 3.59. The number of likely N-dealkylation sites (tertiary alicyclic amines) is 1. The van der Waals surface area contributed by atoms with Crippen molar-refractivity contribution >= 4 is 10.9 Å². The van der Waals surface area contributed by atoms with Gasteiger partial charge in [-0.25, -0.2) is 4.39 Å². The van der Waals surface area contributed by atoms with Gasteiger partial charge < -0.3 is 9.47 Å². The van der Waals surface area contributed by atoms with Crippen molar-refractivity contribution in [3.8, 4) is 0 Å². The molecule has 0 aliphatic carbocycles. The Labute approximate surface area is 101 Å².